The number of thioether (sulfide) groups is 1. The largest absolute Gasteiger partial charge is 0.325 e. The van der Waals surface area contributed by atoms with Crippen LogP contribution in [0.3, 0.4) is 0 Å². The molecule has 1 aromatic heterocycles. The van der Waals surface area contributed by atoms with Gasteiger partial charge in [-0.3, -0.25) is 9.36 Å². The van der Waals surface area contributed by atoms with Crippen LogP contribution < -0.4 is 5.32 Å². The van der Waals surface area contributed by atoms with Gasteiger partial charge < -0.3 is 5.32 Å². The summed E-state index contributed by atoms with van der Waals surface area (Å²) < 4.78 is 27.8. The Kier molecular flexibility index (Phi) is 7.73. The Hall–Kier alpha value is -2.66. The zero-order chi connectivity index (χ0) is 23.3. The predicted molar refractivity (Wildman–Crippen MR) is 127 cm³/mol. The molecule has 0 radical (unpaired) electrons. The molecule has 0 aliphatic carbocycles. The van der Waals surface area contributed by atoms with Gasteiger partial charge in [-0.15, -0.1) is 16.8 Å². The number of nitrogens with one attached hydrogen (secondary N) is 1. The summed E-state index contributed by atoms with van der Waals surface area (Å²) >= 11 is 7.28. The fraction of sp³-hybridized carbons (Fsp3) is 0.190. The molecule has 0 spiro atoms. The van der Waals surface area contributed by atoms with E-state index in [9.17, 15) is 13.2 Å². The number of amides is 1. The molecule has 1 heterocycles. The number of hydrogen-bond acceptors (Lipinski definition) is 6. The number of anilines is 1. The van der Waals surface area contributed by atoms with Crippen LogP contribution in [-0.4, -0.2) is 53.2 Å². The monoisotopic (exact) mass is 491 g/mol. The number of carbonyl (C=O) groups is 1. The number of nitrogens with zero attached hydrogens (tertiary/aromatic N) is 4. The molecule has 3 aromatic rings. The normalized spacial score (nSPS) is 11.5. The predicted octanol–water partition coefficient (Wildman–Crippen LogP) is 3.77. The lowest BCUT2D eigenvalue weighted by Crippen LogP contribution is -2.23. The summed E-state index contributed by atoms with van der Waals surface area (Å²) in [5, 5.41) is 11.8. The molecule has 0 aliphatic rings. The van der Waals surface area contributed by atoms with Crippen LogP contribution in [-0.2, 0) is 21.4 Å². The molecular formula is C21H22ClN5O3S2. The molecule has 0 aliphatic heterocycles. The highest BCUT2D eigenvalue weighted by Crippen LogP contribution is 2.28. The Labute approximate surface area is 196 Å². The Morgan fingerprint density at radius 2 is 1.94 bits per heavy atom. The lowest BCUT2D eigenvalue weighted by molar-refractivity contribution is -0.113. The van der Waals surface area contributed by atoms with Crippen LogP contribution in [0.5, 0.6) is 0 Å². The molecule has 0 unspecified atom stereocenters. The molecule has 0 saturated carbocycles. The molecule has 1 N–H and O–H groups in total. The molecule has 2 aromatic carbocycles. The molecule has 11 heteroatoms. The van der Waals surface area contributed by atoms with Crippen molar-refractivity contribution >= 4 is 45.0 Å². The lowest BCUT2D eigenvalue weighted by Gasteiger charge is -2.14. The van der Waals surface area contributed by atoms with Gasteiger partial charge in [0.2, 0.25) is 15.9 Å². The van der Waals surface area contributed by atoms with E-state index in [1.807, 2.05) is 34.9 Å². The van der Waals surface area contributed by atoms with Crippen molar-refractivity contribution < 1.29 is 13.2 Å². The minimum absolute atomic E-state index is 0.0580. The molecular weight excluding hydrogens is 470 g/mol. The topological polar surface area (TPSA) is 97.2 Å². The summed E-state index contributed by atoms with van der Waals surface area (Å²) in [5.74, 6) is 0.423. The second-order valence-corrected chi connectivity index (χ2v) is 10.3. The van der Waals surface area contributed by atoms with Gasteiger partial charge in [-0.05, 0) is 18.2 Å². The van der Waals surface area contributed by atoms with E-state index in [2.05, 4.69) is 22.1 Å². The third-order valence-electron chi connectivity index (χ3n) is 4.37. The Bertz CT molecular complexity index is 1230. The fourth-order valence-corrected chi connectivity index (χ4v) is 4.93. The third kappa shape index (κ3) is 5.39. The number of allylic oxidation sites excluding steroid dienone is 1. The Morgan fingerprint density at radius 1 is 1.22 bits per heavy atom. The summed E-state index contributed by atoms with van der Waals surface area (Å²) in [6, 6.07) is 14.0. The van der Waals surface area contributed by atoms with Crippen LogP contribution in [0.4, 0.5) is 5.69 Å². The van der Waals surface area contributed by atoms with E-state index in [0.717, 1.165) is 9.87 Å². The lowest BCUT2D eigenvalue weighted by atomic mass is 10.2. The van der Waals surface area contributed by atoms with Gasteiger partial charge in [-0.1, -0.05) is 59.8 Å². The van der Waals surface area contributed by atoms with Crippen molar-refractivity contribution in [1.29, 1.82) is 0 Å². The standard InChI is InChI=1S/C21H22ClN5O3S2/c1-4-12-27-20(15-8-6-5-7-9-15)24-25-21(27)31-14-19(28)23-16-10-11-17(22)18(13-16)32(29,30)26(2)3/h4-11,13H,1,12,14H2,2-3H3,(H,23,28). The van der Waals surface area contributed by atoms with E-state index < -0.39 is 10.0 Å². The molecule has 168 valence electrons. The van der Waals surface area contributed by atoms with Gasteiger partial charge >= 0.3 is 0 Å². The summed E-state index contributed by atoms with van der Waals surface area (Å²) in [4.78, 5) is 12.4. The van der Waals surface area contributed by atoms with Crippen molar-refractivity contribution in [3.8, 4) is 11.4 Å². The number of rotatable bonds is 9. The first-order chi connectivity index (χ1) is 15.2. The van der Waals surface area contributed by atoms with Crippen LogP contribution >= 0.6 is 23.4 Å². The quantitative estimate of drug-likeness (QED) is 0.361. The number of carbonyl (C=O) groups excluding carboxylic acids is 1. The van der Waals surface area contributed by atoms with Gasteiger partial charge in [0.05, 0.1) is 10.8 Å². The number of benzene rings is 2. The molecule has 3 rings (SSSR count). The summed E-state index contributed by atoms with van der Waals surface area (Å²) in [6.45, 7) is 4.27. The van der Waals surface area contributed by atoms with Crippen LogP contribution in [0, 0.1) is 0 Å². The van der Waals surface area contributed by atoms with Crippen molar-refractivity contribution in [2.75, 3.05) is 25.2 Å². The number of hydrogen-bond donors (Lipinski definition) is 1. The molecule has 8 nitrogen and oxygen atoms in total. The number of sulfonamides is 1. The summed E-state index contributed by atoms with van der Waals surface area (Å²) in [7, 11) is -0.916. The minimum Gasteiger partial charge on any atom is -0.325 e. The number of aromatic nitrogens is 3. The van der Waals surface area contributed by atoms with Gasteiger partial charge in [-0.2, -0.15) is 0 Å². The fourth-order valence-electron chi connectivity index (χ4n) is 2.79. The molecule has 32 heavy (non-hydrogen) atoms. The SMILES string of the molecule is C=CCn1c(SCC(=O)Nc2ccc(Cl)c(S(=O)(=O)N(C)C)c2)nnc1-c1ccccc1. The maximum atomic E-state index is 12.5. The summed E-state index contributed by atoms with van der Waals surface area (Å²) in [5.41, 5.74) is 1.24. The van der Waals surface area contributed by atoms with E-state index in [0.29, 0.717) is 23.2 Å². The maximum absolute atomic E-state index is 12.5. The van der Waals surface area contributed by atoms with Crippen LogP contribution in [0.15, 0.2) is 71.2 Å². The van der Waals surface area contributed by atoms with Gasteiger partial charge in [0.25, 0.3) is 0 Å². The van der Waals surface area contributed by atoms with E-state index in [1.165, 1.54) is 38.0 Å². The van der Waals surface area contributed by atoms with Gasteiger partial charge in [0, 0.05) is 31.9 Å². The zero-order valence-corrected chi connectivity index (χ0v) is 19.9. The molecule has 0 bridgehead atoms. The average Bonchev–Trinajstić information content (AvgIpc) is 3.17. The highest BCUT2D eigenvalue weighted by atomic mass is 35.5. The van der Waals surface area contributed by atoms with Crippen LogP contribution in [0.1, 0.15) is 0 Å². The van der Waals surface area contributed by atoms with Gasteiger partial charge in [-0.25, -0.2) is 12.7 Å². The van der Waals surface area contributed by atoms with E-state index >= 15 is 0 Å². The highest BCUT2D eigenvalue weighted by Gasteiger charge is 2.22. The van der Waals surface area contributed by atoms with E-state index in [4.69, 9.17) is 11.6 Å². The van der Waals surface area contributed by atoms with Crippen LogP contribution in [0.2, 0.25) is 5.02 Å². The maximum Gasteiger partial charge on any atom is 0.244 e. The zero-order valence-electron chi connectivity index (χ0n) is 17.5. The van der Waals surface area contributed by atoms with Crippen LogP contribution in [0.25, 0.3) is 11.4 Å². The Balaban J connectivity index is 1.73. The third-order valence-corrected chi connectivity index (χ3v) is 7.63. The van der Waals surface area contributed by atoms with E-state index in [-0.39, 0.29) is 21.6 Å². The second-order valence-electron chi connectivity index (χ2n) is 6.84. The Morgan fingerprint density at radius 3 is 2.59 bits per heavy atom. The molecule has 1 amide bonds. The molecule has 0 saturated heterocycles. The first-order valence-corrected chi connectivity index (χ1v) is 12.3. The van der Waals surface area contributed by atoms with Crippen molar-refractivity contribution in [2.24, 2.45) is 0 Å². The second kappa shape index (κ2) is 10.3. The smallest absolute Gasteiger partial charge is 0.244 e. The number of halogens is 1. The first kappa shape index (κ1) is 24.0. The van der Waals surface area contributed by atoms with Crippen molar-refractivity contribution in [1.82, 2.24) is 19.1 Å². The van der Waals surface area contributed by atoms with E-state index in [1.54, 1.807) is 12.1 Å². The minimum atomic E-state index is -3.74. The molecule has 0 atom stereocenters. The van der Waals surface area contributed by atoms with Crippen molar-refractivity contribution in [3.63, 3.8) is 0 Å². The van der Waals surface area contributed by atoms with Crippen molar-refractivity contribution in [3.05, 3.63) is 66.2 Å². The molecule has 0 fully saturated rings. The van der Waals surface area contributed by atoms with Crippen molar-refractivity contribution in [2.45, 2.75) is 16.6 Å². The average molecular weight is 492 g/mol. The van der Waals surface area contributed by atoms with Gasteiger partial charge in [0.1, 0.15) is 4.90 Å². The van der Waals surface area contributed by atoms with Gasteiger partial charge in [0.15, 0.2) is 11.0 Å². The highest BCUT2D eigenvalue weighted by molar-refractivity contribution is 7.99. The summed E-state index contributed by atoms with van der Waals surface area (Å²) in [6.07, 6.45) is 1.74. The first-order valence-electron chi connectivity index (χ1n) is 9.48.